The summed E-state index contributed by atoms with van der Waals surface area (Å²) in [5, 5.41) is 9.11. The molecule has 0 bridgehead atoms. The maximum atomic E-state index is 14.5. The van der Waals surface area contributed by atoms with Crippen LogP contribution in [0.5, 0.6) is 0 Å². The van der Waals surface area contributed by atoms with Gasteiger partial charge in [0, 0.05) is 63.0 Å². The van der Waals surface area contributed by atoms with Gasteiger partial charge in [0.1, 0.15) is 6.04 Å². The molecule has 2 saturated heterocycles. The summed E-state index contributed by atoms with van der Waals surface area (Å²) in [5.74, 6) is -1.30. The van der Waals surface area contributed by atoms with Gasteiger partial charge in [0.2, 0.25) is 11.8 Å². The lowest BCUT2D eigenvalue weighted by molar-refractivity contribution is -0.142. The third-order valence-electron chi connectivity index (χ3n) is 8.71. The largest absolute Gasteiger partial charge is 0.396 e. The summed E-state index contributed by atoms with van der Waals surface area (Å²) < 4.78 is -0.797. The SMILES string of the molecule is CCN(CC)c1ccc(N2CC=C[C@]34S[C@H]5C=CCN(C)C(=O)[C@H]5[C@H]3C(=O)N(CCCCCO)C4C2=O)cc1. The van der Waals surface area contributed by atoms with Gasteiger partial charge in [0.05, 0.1) is 16.6 Å². The van der Waals surface area contributed by atoms with Crippen LogP contribution in [0.2, 0.25) is 0 Å². The summed E-state index contributed by atoms with van der Waals surface area (Å²) >= 11 is 1.62. The van der Waals surface area contributed by atoms with E-state index in [1.165, 1.54) is 0 Å². The zero-order valence-corrected chi connectivity index (χ0v) is 24.0. The van der Waals surface area contributed by atoms with Gasteiger partial charge in [-0.05, 0) is 57.4 Å². The number of carbonyl (C=O) groups excluding carboxylic acids is 3. The number of carbonyl (C=O) groups is 3. The molecule has 4 heterocycles. The van der Waals surface area contributed by atoms with Gasteiger partial charge >= 0.3 is 0 Å². The number of nitrogens with zero attached hydrogens (tertiary/aromatic N) is 4. The summed E-state index contributed by atoms with van der Waals surface area (Å²) in [4.78, 5) is 49.7. The zero-order valence-electron chi connectivity index (χ0n) is 23.2. The minimum absolute atomic E-state index is 0.0254. The first-order valence-electron chi connectivity index (χ1n) is 14.2. The Morgan fingerprint density at radius 2 is 1.72 bits per heavy atom. The van der Waals surface area contributed by atoms with E-state index in [1.807, 2.05) is 24.3 Å². The van der Waals surface area contributed by atoms with Crippen LogP contribution in [0.1, 0.15) is 33.1 Å². The van der Waals surface area contributed by atoms with Crippen LogP contribution in [0, 0.1) is 11.8 Å². The van der Waals surface area contributed by atoms with Crippen molar-refractivity contribution in [1.29, 1.82) is 0 Å². The first-order chi connectivity index (χ1) is 18.9. The van der Waals surface area contributed by atoms with Crippen molar-refractivity contribution >= 4 is 40.9 Å². The fourth-order valence-corrected chi connectivity index (χ4v) is 8.74. The molecule has 0 aliphatic carbocycles. The molecule has 39 heavy (non-hydrogen) atoms. The molecule has 4 aliphatic rings. The Bertz CT molecular complexity index is 1150. The lowest BCUT2D eigenvalue weighted by Crippen LogP contribution is -2.53. The molecule has 9 heteroatoms. The Balaban J connectivity index is 1.52. The van der Waals surface area contributed by atoms with Gasteiger partial charge in [-0.1, -0.05) is 24.3 Å². The quantitative estimate of drug-likeness (QED) is 0.375. The third-order valence-corrected chi connectivity index (χ3v) is 10.5. The van der Waals surface area contributed by atoms with Crippen LogP contribution in [0.3, 0.4) is 0 Å². The highest BCUT2D eigenvalue weighted by atomic mass is 32.2. The Kier molecular flexibility index (Phi) is 8.10. The van der Waals surface area contributed by atoms with Crippen LogP contribution in [-0.4, -0.2) is 95.0 Å². The molecule has 1 aromatic rings. The maximum Gasteiger partial charge on any atom is 0.251 e. The number of amides is 3. The van der Waals surface area contributed by atoms with Crippen molar-refractivity contribution in [2.45, 2.75) is 49.1 Å². The Hall–Kier alpha value is -2.78. The summed E-state index contributed by atoms with van der Waals surface area (Å²) in [6, 6.07) is 7.40. The molecule has 1 aromatic carbocycles. The van der Waals surface area contributed by atoms with Crippen molar-refractivity contribution in [3.63, 3.8) is 0 Å². The first kappa shape index (κ1) is 27.8. The van der Waals surface area contributed by atoms with Gasteiger partial charge in [0.15, 0.2) is 0 Å². The average Bonchev–Trinajstić information content (AvgIpc) is 3.26. The van der Waals surface area contributed by atoms with E-state index in [-0.39, 0.29) is 29.6 Å². The number of benzene rings is 1. The van der Waals surface area contributed by atoms with Gasteiger partial charge in [-0.3, -0.25) is 14.4 Å². The van der Waals surface area contributed by atoms with Gasteiger partial charge in [-0.25, -0.2) is 0 Å². The van der Waals surface area contributed by atoms with Crippen molar-refractivity contribution in [2.24, 2.45) is 11.8 Å². The van der Waals surface area contributed by atoms with E-state index in [0.717, 1.165) is 30.9 Å². The number of anilines is 2. The van der Waals surface area contributed by atoms with Crippen LogP contribution >= 0.6 is 11.8 Å². The number of thioether (sulfide) groups is 1. The molecule has 5 rings (SSSR count). The van der Waals surface area contributed by atoms with E-state index >= 15 is 0 Å². The molecule has 1 spiro atoms. The summed E-state index contributed by atoms with van der Waals surface area (Å²) in [5.41, 5.74) is 1.92. The second-order valence-electron chi connectivity index (χ2n) is 10.8. The van der Waals surface area contributed by atoms with Crippen molar-refractivity contribution in [1.82, 2.24) is 9.80 Å². The number of aliphatic hydroxyl groups is 1. The lowest BCUT2D eigenvalue weighted by atomic mass is 9.78. The maximum absolute atomic E-state index is 14.5. The molecular formula is C30H40N4O4S. The average molecular weight is 553 g/mol. The number of hydrogen-bond donors (Lipinski definition) is 1. The van der Waals surface area contributed by atoms with Crippen LogP contribution in [0.25, 0.3) is 0 Å². The smallest absolute Gasteiger partial charge is 0.251 e. The molecule has 210 valence electrons. The standard InChI is InChI=1S/C30H40N4O4S/c1-4-32(5-2)21-12-14-22(15-13-21)33-19-10-16-30-25(24-23(39-30)11-9-17-31(3)27(24)36)28(37)34(26(30)29(33)38)18-7-6-8-20-35/h9-16,23-26,35H,4-8,17-20H2,1-3H3/t23-,24+,25-,26?,30-/m0/s1. The van der Waals surface area contributed by atoms with Crippen LogP contribution < -0.4 is 9.80 Å². The monoisotopic (exact) mass is 552 g/mol. The third kappa shape index (κ3) is 4.67. The van der Waals surface area contributed by atoms with E-state index in [9.17, 15) is 19.5 Å². The molecule has 1 unspecified atom stereocenters. The molecule has 4 aliphatic heterocycles. The number of aliphatic hydroxyl groups excluding tert-OH is 1. The number of hydrogen-bond acceptors (Lipinski definition) is 6. The van der Waals surface area contributed by atoms with E-state index in [2.05, 4.69) is 43.0 Å². The molecule has 5 atom stereocenters. The van der Waals surface area contributed by atoms with Crippen LogP contribution in [0.15, 0.2) is 48.6 Å². The molecule has 0 aromatic heterocycles. The molecule has 8 nitrogen and oxygen atoms in total. The van der Waals surface area contributed by atoms with Crippen molar-refractivity contribution in [3.8, 4) is 0 Å². The predicted molar refractivity (Wildman–Crippen MR) is 156 cm³/mol. The summed E-state index contributed by atoms with van der Waals surface area (Å²) in [7, 11) is 1.78. The fraction of sp³-hybridized carbons (Fsp3) is 0.567. The minimum atomic E-state index is -0.797. The van der Waals surface area contributed by atoms with E-state index < -0.39 is 22.6 Å². The van der Waals surface area contributed by atoms with Gasteiger partial charge in [-0.15, -0.1) is 11.8 Å². The normalized spacial score (nSPS) is 29.8. The first-order valence-corrected chi connectivity index (χ1v) is 15.1. The Labute approximate surface area is 235 Å². The second kappa shape index (κ2) is 11.4. The zero-order chi connectivity index (χ0) is 27.7. The number of likely N-dealkylation sites (N-methyl/N-ethyl adjacent to an activating group) is 1. The highest BCUT2D eigenvalue weighted by molar-refractivity contribution is 8.02. The van der Waals surface area contributed by atoms with E-state index in [1.54, 1.807) is 33.5 Å². The molecule has 1 N–H and O–H groups in total. The van der Waals surface area contributed by atoms with Crippen LogP contribution in [-0.2, 0) is 14.4 Å². The van der Waals surface area contributed by atoms with Gasteiger partial charge < -0.3 is 24.7 Å². The topological polar surface area (TPSA) is 84.4 Å². The van der Waals surface area contributed by atoms with E-state index in [4.69, 9.17) is 0 Å². The highest BCUT2D eigenvalue weighted by Gasteiger charge is 2.70. The number of rotatable bonds is 9. The lowest BCUT2D eigenvalue weighted by Gasteiger charge is -2.35. The summed E-state index contributed by atoms with van der Waals surface area (Å²) in [6.45, 7) is 7.55. The van der Waals surface area contributed by atoms with E-state index in [0.29, 0.717) is 32.5 Å². The fourth-order valence-electron chi connectivity index (χ4n) is 6.74. The molecule has 0 saturated carbocycles. The molecule has 3 amide bonds. The number of likely N-dealkylation sites (tertiary alicyclic amines) is 1. The van der Waals surface area contributed by atoms with Crippen LogP contribution in [0.4, 0.5) is 11.4 Å². The molecule has 2 fully saturated rings. The van der Waals surface area contributed by atoms with Crippen molar-refractivity contribution < 1.29 is 19.5 Å². The molecular weight excluding hydrogens is 512 g/mol. The predicted octanol–water partition coefficient (Wildman–Crippen LogP) is 2.92. The van der Waals surface area contributed by atoms with Gasteiger partial charge in [-0.2, -0.15) is 0 Å². The Morgan fingerprint density at radius 1 is 0.974 bits per heavy atom. The summed E-state index contributed by atoms with van der Waals surface area (Å²) in [6.07, 6.45) is 10.3. The minimum Gasteiger partial charge on any atom is -0.396 e. The number of unbranched alkanes of at least 4 members (excludes halogenated alkanes) is 2. The highest BCUT2D eigenvalue weighted by Crippen LogP contribution is 2.61. The second-order valence-corrected chi connectivity index (χ2v) is 12.3. The van der Waals surface area contributed by atoms with Crippen molar-refractivity contribution in [2.75, 3.05) is 56.2 Å². The number of fused-ring (bicyclic) bond motifs is 2. The molecule has 0 radical (unpaired) electrons. The Morgan fingerprint density at radius 3 is 2.41 bits per heavy atom. The van der Waals surface area contributed by atoms with Crippen molar-refractivity contribution in [3.05, 3.63) is 48.6 Å². The van der Waals surface area contributed by atoms with Gasteiger partial charge in [0.25, 0.3) is 5.91 Å².